The molecule has 0 spiro atoms. The van der Waals surface area contributed by atoms with Gasteiger partial charge >= 0.3 is 6.03 Å². The van der Waals surface area contributed by atoms with Gasteiger partial charge in [-0.3, -0.25) is 4.90 Å². The number of para-hydroxylation sites is 1. The van der Waals surface area contributed by atoms with Gasteiger partial charge in [-0.1, -0.05) is 64.5 Å². The maximum absolute atomic E-state index is 13.9. The van der Waals surface area contributed by atoms with Gasteiger partial charge in [-0.05, 0) is 42.0 Å². The Morgan fingerprint density at radius 3 is 2.04 bits per heavy atom. The molecule has 1 aliphatic heterocycles. The first-order valence-electron chi connectivity index (χ1n) is 8.66. The molecule has 0 bridgehead atoms. The minimum absolute atomic E-state index is 0.0560. The molecular weight excluding hydrogens is 440 g/mol. The van der Waals surface area contributed by atoms with Crippen LogP contribution in [-0.4, -0.2) is 21.0 Å². The van der Waals surface area contributed by atoms with E-state index in [0.29, 0.717) is 11.3 Å². The SMILES string of the molecule is O=C1NCC(c2ccc(Br)cc2)(S(=O)(=O)c2ccccc2)N1c1ccccc1. The molecule has 3 aromatic rings. The maximum atomic E-state index is 13.9. The average Bonchev–Trinajstić information content (AvgIpc) is 3.08. The van der Waals surface area contributed by atoms with E-state index in [2.05, 4.69) is 21.2 Å². The largest absolute Gasteiger partial charge is 0.334 e. The summed E-state index contributed by atoms with van der Waals surface area (Å²) in [6, 6.07) is 23.7. The molecule has 1 N–H and O–H groups in total. The van der Waals surface area contributed by atoms with E-state index >= 15 is 0 Å². The van der Waals surface area contributed by atoms with E-state index in [9.17, 15) is 13.2 Å². The van der Waals surface area contributed by atoms with Crippen molar-refractivity contribution in [1.82, 2.24) is 5.32 Å². The quantitative estimate of drug-likeness (QED) is 0.635. The summed E-state index contributed by atoms with van der Waals surface area (Å²) in [5, 5.41) is 2.74. The van der Waals surface area contributed by atoms with Crippen molar-refractivity contribution < 1.29 is 13.2 Å². The molecule has 5 nitrogen and oxygen atoms in total. The number of rotatable bonds is 4. The van der Waals surface area contributed by atoms with Crippen molar-refractivity contribution in [2.24, 2.45) is 0 Å². The first-order valence-corrected chi connectivity index (χ1v) is 10.9. The number of hydrogen-bond acceptors (Lipinski definition) is 3. The monoisotopic (exact) mass is 456 g/mol. The number of benzene rings is 3. The van der Waals surface area contributed by atoms with Crippen LogP contribution in [-0.2, 0) is 14.7 Å². The van der Waals surface area contributed by atoms with Crippen LogP contribution in [0.15, 0.2) is 94.3 Å². The van der Waals surface area contributed by atoms with Crippen LogP contribution in [0.25, 0.3) is 0 Å². The lowest BCUT2D eigenvalue weighted by Gasteiger charge is -2.37. The Balaban J connectivity index is 2.02. The highest BCUT2D eigenvalue weighted by molar-refractivity contribution is 9.10. The second kappa shape index (κ2) is 7.07. The molecule has 0 aromatic heterocycles. The van der Waals surface area contributed by atoms with E-state index in [4.69, 9.17) is 0 Å². The number of sulfone groups is 1. The summed E-state index contributed by atoms with van der Waals surface area (Å²) < 4.78 is 28.7. The van der Waals surface area contributed by atoms with Gasteiger partial charge < -0.3 is 5.32 Å². The topological polar surface area (TPSA) is 66.5 Å². The highest BCUT2D eigenvalue weighted by Crippen LogP contribution is 2.44. The number of nitrogens with zero attached hydrogens (tertiary/aromatic N) is 1. The second-order valence-corrected chi connectivity index (χ2v) is 9.51. The molecule has 0 aliphatic carbocycles. The molecule has 3 aromatic carbocycles. The van der Waals surface area contributed by atoms with E-state index in [1.54, 1.807) is 78.9 Å². The third-order valence-corrected chi connectivity index (χ3v) is 7.72. The van der Waals surface area contributed by atoms with Gasteiger partial charge in [-0.25, -0.2) is 13.2 Å². The molecule has 7 heteroatoms. The number of amides is 2. The van der Waals surface area contributed by atoms with Crippen LogP contribution in [0.5, 0.6) is 0 Å². The molecular formula is C21H17BrN2O3S. The van der Waals surface area contributed by atoms with Crippen molar-refractivity contribution >= 4 is 37.5 Å². The molecule has 0 saturated carbocycles. The van der Waals surface area contributed by atoms with Crippen molar-refractivity contribution in [2.75, 3.05) is 11.4 Å². The van der Waals surface area contributed by atoms with Crippen molar-refractivity contribution in [3.8, 4) is 0 Å². The summed E-state index contributed by atoms with van der Waals surface area (Å²) in [5.41, 5.74) is 1.03. The Kier molecular flexibility index (Phi) is 4.72. The van der Waals surface area contributed by atoms with Crippen LogP contribution in [0.1, 0.15) is 5.56 Å². The number of carbonyl (C=O) groups is 1. The van der Waals surface area contributed by atoms with Crippen LogP contribution < -0.4 is 10.2 Å². The van der Waals surface area contributed by atoms with Gasteiger partial charge in [0.2, 0.25) is 9.84 Å². The van der Waals surface area contributed by atoms with E-state index in [1.165, 1.54) is 4.90 Å². The fourth-order valence-electron chi connectivity index (χ4n) is 3.53. The van der Waals surface area contributed by atoms with Crippen molar-refractivity contribution in [2.45, 2.75) is 9.77 Å². The number of anilines is 1. The first-order chi connectivity index (χ1) is 13.5. The fraction of sp³-hybridized carbons (Fsp3) is 0.0952. The Bertz CT molecular complexity index is 1100. The lowest BCUT2D eigenvalue weighted by Crippen LogP contribution is -2.51. The second-order valence-electron chi connectivity index (χ2n) is 6.44. The highest BCUT2D eigenvalue weighted by Gasteiger charge is 2.57. The molecule has 1 unspecified atom stereocenters. The Morgan fingerprint density at radius 1 is 0.857 bits per heavy atom. The minimum atomic E-state index is -3.97. The minimum Gasteiger partial charge on any atom is -0.334 e. The molecule has 1 fully saturated rings. The average molecular weight is 457 g/mol. The number of nitrogens with one attached hydrogen (secondary N) is 1. The number of halogens is 1. The molecule has 1 saturated heterocycles. The molecule has 1 atom stereocenters. The van der Waals surface area contributed by atoms with Crippen molar-refractivity contribution in [1.29, 1.82) is 0 Å². The van der Waals surface area contributed by atoms with Gasteiger partial charge in [-0.2, -0.15) is 0 Å². The van der Waals surface area contributed by atoms with Gasteiger partial charge in [0.25, 0.3) is 0 Å². The fourth-order valence-corrected chi connectivity index (χ4v) is 5.83. The number of carbonyl (C=O) groups excluding carboxylic acids is 1. The Hall–Kier alpha value is -2.64. The summed E-state index contributed by atoms with van der Waals surface area (Å²) in [5.74, 6) is 0. The van der Waals surface area contributed by atoms with Crippen LogP contribution in [0, 0.1) is 0 Å². The summed E-state index contributed by atoms with van der Waals surface area (Å²) in [4.78, 5) is 12.8. The van der Waals surface area contributed by atoms with Gasteiger partial charge in [0.05, 0.1) is 11.4 Å². The molecule has 142 valence electrons. The summed E-state index contributed by atoms with van der Waals surface area (Å²) in [6.07, 6.45) is 0. The van der Waals surface area contributed by atoms with E-state index < -0.39 is 20.7 Å². The van der Waals surface area contributed by atoms with Crippen LogP contribution in [0.3, 0.4) is 0 Å². The van der Waals surface area contributed by atoms with E-state index in [1.807, 2.05) is 6.07 Å². The van der Waals surface area contributed by atoms with Gasteiger partial charge in [0, 0.05) is 10.2 Å². The van der Waals surface area contributed by atoms with Crippen molar-refractivity contribution in [3.63, 3.8) is 0 Å². The molecule has 1 heterocycles. The number of urea groups is 1. The zero-order valence-corrected chi connectivity index (χ0v) is 17.2. The predicted molar refractivity (Wildman–Crippen MR) is 112 cm³/mol. The zero-order valence-electron chi connectivity index (χ0n) is 14.7. The van der Waals surface area contributed by atoms with Crippen LogP contribution in [0.4, 0.5) is 10.5 Å². The third kappa shape index (κ3) is 2.82. The van der Waals surface area contributed by atoms with Gasteiger partial charge in [0.15, 0.2) is 4.87 Å². The molecule has 4 rings (SSSR count). The highest BCUT2D eigenvalue weighted by atomic mass is 79.9. The molecule has 2 amide bonds. The molecule has 1 aliphatic rings. The van der Waals surface area contributed by atoms with Gasteiger partial charge in [-0.15, -0.1) is 0 Å². The lowest BCUT2D eigenvalue weighted by molar-refractivity contribution is 0.251. The normalized spacial score (nSPS) is 19.5. The van der Waals surface area contributed by atoms with E-state index in [0.717, 1.165) is 4.47 Å². The molecule has 28 heavy (non-hydrogen) atoms. The molecule has 0 radical (unpaired) electrons. The smallest absolute Gasteiger partial charge is 0.323 e. The van der Waals surface area contributed by atoms with Gasteiger partial charge in [0.1, 0.15) is 0 Å². The van der Waals surface area contributed by atoms with Crippen molar-refractivity contribution in [3.05, 3.63) is 95.0 Å². The summed E-state index contributed by atoms with van der Waals surface area (Å²) in [7, 11) is -3.97. The maximum Gasteiger partial charge on any atom is 0.323 e. The van der Waals surface area contributed by atoms with Crippen LogP contribution in [0.2, 0.25) is 0 Å². The zero-order chi connectivity index (χ0) is 19.8. The first kappa shape index (κ1) is 18.7. The standard InChI is InChI=1S/C21H17BrN2O3S/c22-17-13-11-16(12-14-17)21(28(26,27)19-9-5-2-6-10-19)15-23-20(25)24(21)18-7-3-1-4-8-18/h1-14H,15H2,(H,23,25). The lowest BCUT2D eigenvalue weighted by atomic mass is 10.1. The van der Waals surface area contributed by atoms with Crippen LogP contribution >= 0.6 is 15.9 Å². The Labute approximate surface area is 172 Å². The Morgan fingerprint density at radius 2 is 1.43 bits per heavy atom. The summed E-state index contributed by atoms with van der Waals surface area (Å²) >= 11 is 3.39. The van der Waals surface area contributed by atoms with E-state index in [-0.39, 0.29) is 11.4 Å². The number of hydrogen-bond donors (Lipinski definition) is 1. The summed E-state index contributed by atoms with van der Waals surface area (Å²) in [6.45, 7) is -0.0560. The third-order valence-electron chi connectivity index (χ3n) is 4.85. The predicted octanol–water partition coefficient (Wildman–Crippen LogP) is 4.31.